The molecule has 1 saturated carbocycles. The van der Waals surface area contributed by atoms with Gasteiger partial charge in [-0.15, -0.1) is 0 Å². The zero-order valence-corrected chi connectivity index (χ0v) is 14.9. The molecule has 5 nitrogen and oxygen atoms in total. The second-order valence-electron chi connectivity index (χ2n) is 7.65. The summed E-state index contributed by atoms with van der Waals surface area (Å²) in [7, 11) is 0. The van der Waals surface area contributed by atoms with Gasteiger partial charge in [0.2, 0.25) is 5.91 Å². The van der Waals surface area contributed by atoms with Crippen LogP contribution in [-0.2, 0) is 0 Å². The van der Waals surface area contributed by atoms with Crippen molar-refractivity contribution >= 4 is 11.8 Å². The van der Waals surface area contributed by atoms with Gasteiger partial charge < -0.3 is 15.7 Å². The van der Waals surface area contributed by atoms with Crippen LogP contribution >= 0.6 is 0 Å². The number of benzene rings is 1. The van der Waals surface area contributed by atoms with Crippen molar-refractivity contribution in [1.82, 2.24) is 4.90 Å². The highest BCUT2D eigenvalue weighted by Crippen LogP contribution is 2.37. The number of primary amides is 1. The molecule has 5 heteroatoms. The van der Waals surface area contributed by atoms with Gasteiger partial charge in [-0.2, -0.15) is 0 Å². The van der Waals surface area contributed by atoms with Gasteiger partial charge in [-0.25, -0.2) is 0 Å². The second kappa shape index (κ2) is 7.56. The van der Waals surface area contributed by atoms with Gasteiger partial charge in [-0.05, 0) is 68.7 Å². The van der Waals surface area contributed by atoms with E-state index < -0.39 is 5.91 Å². The van der Waals surface area contributed by atoms with Crippen molar-refractivity contribution in [3.63, 3.8) is 0 Å². The summed E-state index contributed by atoms with van der Waals surface area (Å²) in [5.41, 5.74) is 6.25. The maximum absolute atomic E-state index is 13.1. The van der Waals surface area contributed by atoms with E-state index in [4.69, 9.17) is 5.73 Å². The SMILES string of the molecule is C[C@@H]1CC[C@H](O)[C@@H]([C@H]2CCCCN2C(=O)c2ccc(C(N)=O)cc2)C1. The first kappa shape index (κ1) is 17.9. The fourth-order valence-electron chi connectivity index (χ4n) is 4.42. The molecule has 1 aromatic carbocycles. The van der Waals surface area contributed by atoms with E-state index >= 15 is 0 Å². The molecule has 1 aromatic rings. The number of nitrogens with zero attached hydrogens (tertiary/aromatic N) is 1. The number of piperidine rings is 1. The van der Waals surface area contributed by atoms with Crippen LogP contribution in [0.25, 0.3) is 0 Å². The Morgan fingerprint density at radius 2 is 1.76 bits per heavy atom. The van der Waals surface area contributed by atoms with Crippen LogP contribution in [0, 0.1) is 11.8 Å². The van der Waals surface area contributed by atoms with Gasteiger partial charge >= 0.3 is 0 Å². The highest BCUT2D eigenvalue weighted by molar-refractivity contribution is 5.97. The molecule has 2 aliphatic rings. The van der Waals surface area contributed by atoms with Crippen molar-refractivity contribution in [2.45, 2.75) is 57.6 Å². The van der Waals surface area contributed by atoms with Crippen LogP contribution in [-0.4, -0.2) is 40.5 Å². The third-order valence-corrected chi connectivity index (χ3v) is 5.84. The Hall–Kier alpha value is -1.88. The van der Waals surface area contributed by atoms with Gasteiger partial charge in [0.25, 0.3) is 5.91 Å². The van der Waals surface area contributed by atoms with E-state index in [-0.39, 0.29) is 24.0 Å². The number of hydrogen-bond donors (Lipinski definition) is 2. The molecule has 2 amide bonds. The Kier molecular flexibility index (Phi) is 5.42. The summed E-state index contributed by atoms with van der Waals surface area (Å²) in [4.78, 5) is 26.2. The van der Waals surface area contributed by atoms with Gasteiger partial charge in [-0.3, -0.25) is 9.59 Å². The largest absolute Gasteiger partial charge is 0.393 e. The summed E-state index contributed by atoms with van der Waals surface area (Å²) in [5.74, 6) is 0.264. The average Bonchev–Trinajstić information content (AvgIpc) is 2.63. The Morgan fingerprint density at radius 1 is 1.08 bits per heavy atom. The topological polar surface area (TPSA) is 83.6 Å². The molecule has 25 heavy (non-hydrogen) atoms. The maximum Gasteiger partial charge on any atom is 0.254 e. The molecular weight excluding hydrogens is 316 g/mol. The minimum Gasteiger partial charge on any atom is -0.393 e. The quantitative estimate of drug-likeness (QED) is 0.884. The van der Waals surface area contributed by atoms with E-state index in [1.807, 2.05) is 4.90 Å². The molecule has 0 spiro atoms. The number of carbonyl (C=O) groups is 2. The van der Waals surface area contributed by atoms with E-state index in [2.05, 4.69) is 6.92 Å². The lowest BCUT2D eigenvalue weighted by atomic mass is 9.74. The van der Waals surface area contributed by atoms with Crippen LogP contribution in [0.15, 0.2) is 24.3 Å². The number of likely N-dealkylation sites (tertiary alicyclic amines) is 1. The molecule has 3 rings (SSSR count). The maximum atomic E-state index is 13.1. The Labute approximate surface area is 149 Å². The zero-order chi connectivity index (χ0) is 18.0. The lowest BCUT2D eigenvalue weighted by molar-refractivity contribution is -0.0121. The fraction of sp³-hybridized carbons (Fsp3) is 0.600. The first-order valence-electron chi connectivity index (χ1n) is 9.36. The van der Waals surface area contributed by atoms with Crippen LogP contribution in [0.1, 0.15) is 66.2 Å². The minimum atomic E-state index is -0.492. The van der Waals surface area contributed by atoms with Gasteiger partial charge in [0, 0.05) is 29.6 Å². The third-order valence-electron chi connectivity index (χ3n) is 5.84. The van der Waals surface area contributed by atoms with Crippen molar-refractivity contribution in [2.75, 3.05) is 6.54 Å². The van der Waals surface area contributed by atoms with Crippen LogP contribution in [0.2, 0.25) is 0 Å². The smallest absolute Gasteiger partial charge is 0.254 e. The van der Waals surface area contributed by atoms with Crippen LogP contribution < -0.4 is 5.73 Å². The predicted molar refractivity (Wildman–Crippen MR) is 96.1 cm³/mol. The van der Waals surface area contributed by atoms with Gasteiger partial charge in [0.05, 0.1) is 6.10 Å². The summed E-state index contributed by atoms with van der Waals surface area (Å²) in [6.07, 6.45) is 5.62. The lowest BCUT2D eigenvalue weighted by Gasteiger charge is -2.45. The molecular formula is C20H28N2O3. The Bertz CT molecular complexity index is 628. The average molecular weight is 344 g/mol. The van der Waals surface area contributed by atoms with Crippen LogP contribution in [0.4, 0.5) is 0 Å². The van der Waals surface area contributed by atoms with E-state index in [9.17, 15) is 14.7 Å². The summed E-state index contributed by atoms with van der Waals surface area (Å²) < 4.78 is 0. The standard InChI is InChI=1S/C20H28N2O3/c1-13-5-10-18(23)16(12-13)17-4-2-3-11-22(17)20(25)15-8-6-14(7-9-15)19(21)24/h6-9,13,16-18,23H,2-5,10-12H2,1H3,(H2,21,24)/t13-,16-,17-,18+/m1/s1. The second-order valence-corrected chi connectivity index (χ2v) is 7.65. The molecule has 4 atom stereocenters. The molecule has 0 unspecified atom stereocenters. The van der Waals surface area contributed by atoms with Gasteiger partial charge in [-0.1, -0.05) is 6.92 Å². The monoisotopic (exact) mass is 344 g/mol. The number of nitrogens with two attached hydrogens (primary N) is 1. The van der Waals surface area contributed by atoms with Crippen molar-refractivity contribution < 1.29 is 14.7 Å². The third kappa shape index (κ3) is 3.87. The van der Waals surface area contributed by atoms with E-state index in [0.717, 1.165) is 45.1 Å². The van der Waals surface area contributed by atoms with Crippen molar-refractivity contribution in [3.05, 3.63) is 35.4 Å². The van der Waals surface area contributed by atoms with Crippen molar-refractivity contribution in [1.29, 1.82) is 0 Å². The molecule has 2 fully saturated rings. The number of amides is 2. The molecule has 3 N–H and O–H groups in total. The summed E-state index contributed by atoms with van der Waals surface area (Å²) in [5, 5.41) is 10.5. The first-order valence-corrected chi connectivity index (χ1v) is 9.36. The number of rotatable bonds is 3. The number of hydrogen-bond acceptors (Lipinski definition) is 3. The molecule has 1 aliphatic carbocycles. The predicted octanol–water partition coefficient (Wildman–Crippen LogP) is 2.58. The van der Waals surface area contributed by atoms with Gasteiger partial charge in [0.15, 0.2) is 0 Å². The number of carbonyl (C=O) groups excluding carboxylic acids is 2. The van der Waals surface area contributed by atoms with E-state index in [1.165, 1.54) is 0 Å². The number of aliphatic hydroxyl groups excluding tert-OH is 1. The fourth-order valence-corrected chi connectivity index (χ4v) is 4.42. The molecule has 136 valence electrons. The molecule has 1 aliphatic heterocycles. The number of aliphatic hydroxyl groups is 1. The highest BCUT2D eigenvalue weighted by atomic mass is 16.3. The molecule has 1 heterocycles. The van der Waals surface area contributed by atoms with E-state index in [1.54, 1.807) is 24.3 Å². The lowest BCUT2D eigenvalue weighted by Crippen LogP contribution is -2.51. The zero-order valence-electron chi connectivity index (χ0n) is 14.9. The highest BCUT2D eigenvalue weighted by Gasteiger charge is 2.39. The van der Waals surface area contributed by atoms with Crippen molar-refractivity contribution in [3.8, 4) is 0 Å². The minimum absolute atomic E-state index is 0.00820. The molecule has 0 bridgehead atoms. The van der Waals surface area contributed by atoms with Gasteiger partial charge in [0.1, 0.15) is 0 Å². The van der Waals surface area contributed by atoms with Crippen LogP contribution in [0.3, 0.4) is 0 Å². The van der Waals surface area contributed by atoms with E-state index in [0.29, 0.717) is 17.0 Å². The molecule has 1 saturated heterocycles. The molecule has 0 aromatic heterocycles. The summed E-state index contributed by atoms with van der Waals surface area (Å²) in [6, 6.07) is 6.66. The Balaban J connectivity index is 1.80. The van der Waals surface area contributed by atoms with Crippen LogP contribution in [0.5, 0.6) is 0 Å². The molecule has 0 radical (unpaired) electrons. The van der Waals surface area contributed by atoms with Crippen molar-refractivity contribution in [2.24, 2.45) is 17.6 Å². The normalized spacial score (nSPS) is 30.1. The Morgan fingerprint density at radius 3 is 2.44 bits per heavy atom. The summed E-state index contributed by atoms with van der Waals surface area (Å²) >= 11 is 0. The summed E-state index contributed by atoms with van der Waals surface area (Å²) in [6.45, 7) is 2.97. The first-order chi connectivity index (χ1) is 12.0.